The van der Waals surface area contributed by atoms with Crippen molar-refractivity contribution in [3.63, 3.8) is 0 Å². The Morgan fingerprint density at radius 3 is 2.44 bits per heavy atom. The molecule has 1 amide bonds. The van der Waals surface area contributed by atoms with Crippen molar-refractivity contribution >= 4 is 25.6 Å². The Labute approximate surface area is 111 Å². The van der Waals surface area contributed by atoms with E-state index in [0.717, 1.165) is 0 Å². The molecule has 1 aromatic heterocycles. The quantitative estimate of drug-likeness (QED) is 0.825. The number of hydrogen-bond donors (Lipinski definition) is 2. The standard InChI is InChI=1S/C10H16ClN3O3S/c1-6-8(18(11,16)17)7(14-13-6)9(15)12-5-10(2,3)4/h5H2,1-4H3,(H,12,15)(H,13,14). The molecule has 1 aromatic rings. The SMILES string of the molecule is Cc1[nH]nc(C(=O)NCC(C)(C)C)c1S(=O)(=O)Cl. The number of nitrogens with one attached hydrogen (secondary N) is 2. The third kappa shape index (κ3) is 3.71. The zero-order chi connectivity index (χ0) is 14.1. The number of carbonyl (C=O) groups excluding carboxylic acids is 1. The van der Waals surface area contributed by atoms with Crippen LogP contribution in [0.5, 0.6) is 0 Å². The largest absolute Gasteiger partial charge is 0.350 e. The van der Waals surface area contributed by atoms with E-state index in [1.54, 1.807) is 0 Å². The second kappa shape index (κ2) is 4.89. The first-order valence-electron chi connectivity index (χ1n) is 5.30. The lowest BCUT2D eigenvalue weighted by atomic mass is 9.97. The number of aromatic amines is 1. The van der Waals surface area contributed by atoms with Crippen molar-refractivity contribution < 1.29 is 13.2 Å². The average molecular weight is 294 g/mol. The van der Waals surface area contributed by atoms with E-state index in [2.05, 4.69) is 15.5 Å². The highest BCUT2D eigenvalue weighted by Crippen LogP contribution is 2.22. The molecule has 0 saturated carbocycles. The Kier molecular flexibility index (Phi) is 4.07. The van der Waals surface area contributed by atoms with Crippen molar-refractivity contribution in [3.05, 3.63) is 11.4 Å². The van der Waals surface area contributed by atoms with Gasteiger partial charge >= 0.3 is 0 Å². The first-order valence-corrected chi connectivity index (χ1v) is 7.61. The van der Waals surface area contributed by atoms with E-state index in [0.29, 0.717) is 6.54 Å². The fourth-order valence-electron chi connectivity index (χ4n) is 1.30. The molecule has 0 aliphatic heterocycles. The van der Waals surface area contributed by atoms with Gasteiger partial charge in [0.15, 0.2) is 5.69 Å². The molecule has 6 nitrogen and oxygen atoms in total. The Hall–Kier alpha value is -1.08. The van der Waals surface area contributed by atoms with Gasteiger partial charge in [0.25, 0.3) is 15.0 Å². The lowest BCUT2D eigenvalue weighted by Gasteiger charge is -2.18. The van der Waals surface area contributed by atoms with Crippen molar-refractivity contribution in [2.75, 3.05) is 6.54 Å². The summed E-state index contributed by atoms with van der Waals surface area (Å²) < 4.78 is 22.7. The summed E-state index contributed by atoms with van der Waals surface area (Å²) in [6, 6.07) is 0. The Morgan fingerprint density at radius 1 is 1.44 bits per heavy atom. The zero-order valence-corrected chi connectivity index (χ0v) is 12.2. The van der Waals surface area contributed by atoms with Gasteiger partial charge in [-0.1, -0.05) is 20.8 Å². The first kappa shape index (κ1) is 15.0. The Balaban J connectivity index is 3.02. The normalized spacial score (nSPS) is 12.5. The van der Waals surface area contributed by atoms with Crippen LogP contribution in [0.25, 0.3) is 0 Å². The van der Waals surface area contributed by atoms with Gasteiger partial charge in [-0.15, -0.1) is 0 Å². The molecule has 1 rings (SSSR count). The molecule has 0 fully saturated rings. The van der Waals surface area contributed by atoms with Crippen LogP contribution in [0.4, 0.5) is 0 Å². The van der Waals surface area contributed by atoms with Gasteiger partial charge in [0.1, 0.15) is 4.90 Å². The summed E-state index contributed by atoms with van der Waals surface area (Å²) in [4.78, 5) is 11.6. The maximum absolute atomic E-state index is 11.9. The molecule has 0 radical (unpaired) electrons. The number of nitrogens with zero attached hydrogens (tertiary/aromatic N) is 1. The van der Waals surface area contributed by atoms with E-state index in [1.807, 2.05) is 20.8 Å². The predicted molar refractivity (Wildman–Crippen MR) is 68.2 cm³/mol. The molecular weight excluding hydrogens is 278 g/mol. The van der Waals surface area contributed by atoms with Crippen molar-refractivity contribution in [1.29, 1.82) is 0 Å². The van der Waals surface area contributed by atoms with Crippen molar-refractivity contribution in [2.45, 2.75) is 32.6 Å². The van der Waals surface area contributed by atoms with Gasteiger partial charge in [0.05, 0.1) is 5.69 Å². The fourth-order valence-corrected chi connectivity index (χ4v) is 2.65. The topological polar surface area (TPSA) is 91.9 Å². The van der Waals surface area contributed by atoms with E-state index >= 15 is 0 Å². The molecule has 8 heteroatoms. The predicted octanol–water partition coefficient (Wildman–Crippen LogP) is 1.42. The molecule has 0 aliphatic carbocycles. The molecule has 0 bridgehead atoms. The van der Waals surface area contributed by atoms with Gasteiger partial charge in [-0.2, -0.15) is 5.10 Å². The number of H-pyrrole nitrogens is 1. The van der Waals surface area contributed by atoms with Crippen LogP contribution in [0.2, 0.25) is 0 Å². The van der Waals surface area contributed by atoms with Crippen LogP contribution in [0.3, 0.4) is 0 Å². The van der Waals surface area contributed by atoms with Crippen LogP contribution in [0.1, 0.15) is 37.0 Å². The summed E-state index contributed by atoms with van der Waals surface area (Å²) in [7, 11) is 1.27. The zero-order valence-electron chi connectivity index (χ0n) is 10.7. The number of carbonyl (C=O) groups is 1. The minimum Gasteiger partial charge on any atom is -0.350 e. The smallest absolute Gasteiger partial charge is 0.273 e. The molecule has 0 unspecified atom stereocenters. The fraction of sp³-hybridized carbons (Fsp3) is 0.600. The van der Waals surface area contributed by atoms with E-state index in [9.17, 15) is 13.2 Å². The van der Waals surface area contributed by atoms with Gasteiger partial charge in [-0.25, -0.2) is 8.42 Å². The van der Waals surface area contributed by atoms with Gasteiger partial charge < -0.3 is 5.32 Å². The van der Waals surface area contributed by atoms with E-state index in [-0.39, 0.29) is 21.7 Å². The molecule has 0 saturated heterocycles. The van der Waals surface area contributed by atoms with Crippen molar-refractivity contribution in [3.8, 4) is 0 Å². The van der Waals surface area contributed by atoms with Crippen LogP contribution in [0, 0.1) is 12.3 Å². The Morgan fingerprint density at radius 2 is 2.00 bits per heavy atom. The second-order valence-corrected chi connectivity index (χ2v) is 7.71. The van der Waals surface area contributed by atoms with Gasteiger partial charge in [0, 0.05) is 17.2 Å². The molecule has 0 spiro atoms. The van der Waals surface area contributed by atoms with Gasteiger partial charge in [-0.05, 0) is 12.3 Å². The second-order valence-electron chi connectivity index (χ2n) is 5.21. The molecule has 2 N–H and O–H groups in total. The van der Waals surface area contributed by atoms with Crippen molar-refractivity contribution in [1.82, 2.24) is 15.5 Å². The highest BCUT2D eigenvalue weighted by Gasteiger charge is 2.27. The van der Waals surface area contributed by atoms with E-state index in [4.69, 9.17) is 10.7 Å². The van der Waals surface area contributed by atoms with Crippen LogP contribution < -0.4 is 5.32 Å². The number of hydrogen-bond acceptors (Lipinski definition) is 4. The third-order valence-electron chi connectivity index (χ3n) is 2.13. The number of rotatable bonds is 3. The maximum Gasteiger partial charge on any atom is 0.273 e. The molecular formula is C10H16ClN3O3S. The molecule has 0 atom stereocenters. The van der Waals surface area contributed by atoms with E-state index < -0.39 is 15.0 Å². The van der Waals surface area contributed by atoms with Crippen LogP contribution in [0.15, 0.2) is 4.90 Å². The third-order valence-corrected chi connectivity index (χ3v) is 3.58. The minimum atomic E-state index is -4.00. The number of aryl methyl sites for hydroxylation is 1. The van der Waals surface area contributed by atoms with Crippen LogP contribution in [-0.4, -0.2) is 31.1 Å². The maximum atomic E-state index is 11.9. The summed E-state index contributed by atoms with van der Waals surface area (Å²) in [6.45, 7) is 7.73. The number of halogens is 1. The van der Waals surface area contributed by atoms with Gasteiger partial charge in [0.2, 0.25) is 0 Å². The number of aromatic nitrogens is 2. The monoisotopic (exact) mass is 293 g/mol. The lowest BCUT2D eigenvalue weighted by Crippen LogP contribution is -2.33. The molecule has 0 aromatic carbocycles. The average Bonchev–Trinajstić information content (AvgIpc) is 2.54. The Bertz CT molecular complexity index is 557. The lowest BCUT2D eigenvalue weighted by molar-refractivity contribution is 0.0931. The molecule has 102 valence electrons. The summed E-state index contributed by atoms with van der Waals surface area (Å²) in [5.74, 6) is -0.562. The molecule has 18 heavy (non-hydrogen) atoms. The van der Waals surface area contributed by atoms with Crippen LogP contribution in [-0.2, 0) is 9.05 Å². The minimum absolute atomic E-state index is 0.110. The highest BCUT2D eigenvalue weighted by molar-refractivity contribution is 8.13. The number of amides is 1. The summed E-state index contributed by atoms with van der Waals surface area (Å²) in [5, 5.41) is 8.75. The van der Waals surface area contributed by atoms with Gasteiger partial charge in [-0.3, -0.25) is 9.89 Å². The van der Waals surface area contributed by atoms with Crippen LogP contribution >= 0.6 is 10.7 Å². The molecule has 0 aliphatic rings. The molecule has 1 heterocycles. The summed E-state index contributed by atoms with van der Waals surface area (Å²) in [6.07, 6.45) is 0. The first-order chi connectivity index (χ1) is 8.02. The highest BCUT2D eigenvalue weighted by atomic mass is 35.7. The van der Waals surface area contributed by atoms with E-state index in [1.165, 1.54) is 6.92 Å². The van der Waals surface area contributed by atoms with Crippen molar-refractivity contribution in [2.24, 2.45) is 5.41 Å². The summed E-state index contributed by atoms with van der Waals surface area (Å²) >= 11 is 0. The summed E-state index contributed by atoms with van der Waals surface area (Å²) in [5.41, 5.74) is -0.0706.